The number of nitrogens with one attached hydrogen (secondary N) is 1. The molecule has 0 amide bonds. The Balaban J connectivity index is 2.31. The second kappa shape index (κ2) is 5.77. The van der Waals surface area contributed by atoms with Gasteiger partial charge in [0.2, 0.25) is 0 Å². The highest BCUT2D eigenvalue weighted by Crippen LogP contribution is 2.36. The number of aryl methyl sites for hydroxylation is 1. The van der Waals surface area contributed by atoms with Gasteiger partial charge in [-0.15, -0.1) is 11.8 Å². The van der Waals surface area contributed by atoms with Crippen LogP contribution in [0.2, 0.25) is 0 Å². The molecule has 1 aromatic carbocycles. The Labute approximate surface area is 116 Å². The molecule has 0 saturated carbocycles. The fourth-order valence-corrected chi connectivity index (χ4v) is 3.52. The third-order valence-corrected chi connectivity index (χ3v) is 4.66. The minimum atomic E-state index is -2.61. The Kier molecular flexibility index (Phi) is 4.48. The quantitative estimate of drug-likeness (QED) is 0.873. The Bertz CT molecular complexity index is 451. The molecule has 2 atom stereocenters. The summed E-state index contributed by atoms with van der Waals surface area (Å²) in [6, 6.07) is 4.28. The number of fused-ring (bicyclic) bond motifs is 1. The van der Waals surface area contributed by atoms with Gasteiger partial charge in [0.25, 0.3) is 6.43 Å². The summed E-state index contributed by atoms with van der Waals surface area (Å²) in [5, 5.41) is 13.2. The highest BCUT2D eigenvalue weighted by atomic mass is 32.2. The van der Waals surface area contributed by atoms with Crippen LogP contribution < -0.4 is 5.32 Å². The number of halogens is 2. The van der Waals surface area contributed by atoms with Gasteiger partial charge in [0, 0.05) is 10.6 Å². The van der Waals surface area contributed by atoms with Gasteiger partial charge < -0.3 is 10.4 Å². The fraction of sp³-hybridized carbons (Fsp3) is 0.571. The summed E-state index contributed by atoms with van der Waals surface area (Å²) >= 11 is 1.71. The van der Waals surface area contributed by atoms with Gasteiger partial charge in [-0.1, -0.05) is 19.1 Å². The second-order valence-electron chi connectivity index (χ2n) is 4.94. The SMILES string of the molecule is CCNC(C(F)F)C(C)(O)c1ccc2c(c1)SCC2. The van der Waals surface area contributed by atoms with Crippen LogP contribution in [0.4, 0.5) is 8.78 Å². The molecule has 2 N–H and O–H groups in total. The van der Waals surface area contributed by atoms with Gasteiger partial charge in [0.05, 0.1) is 0 Å². The summed E-state index contributed by atoms with van der Waals surface area (Å²) in [4.78, 5) is 1.10. The molecular formula is C14H19F2NOS. The van der Waals surface area contributed by atoms with Gasteiger partial charge in [0.15, 0.2) is 0 Å². The summed E-state index contributed by atoms with van der Waals surface area (Å²) < 4.78 is 26.2. The van der Waals surface area contributed by atoms with Crippen LogP contribution in [0.25, 0.3) is 0 Å². The Morgan fingerprint density at radius 1 is 1.47 bits per heavy atom. The molecule has 5 heteroatoms. The maximum atomic E-state index is 13.1. The summed E-state index contributed by atoms with van der Waals surface area (Å²) in [7, 11) is 0. The number of rotatable bonds is 5. The molecule has 1 aliphatic rings. The predicted octanol–water partition coefficient (Wildman–Crippen LogP) is 2.79. The molecule has 1 aliphatic heterocycles. The number of benzene rings is 1. The summed E-state index contributed by atoms with van der Waals surface area (Å²) in [5.74, 6) is 1.02. The molecule has 0 bridgehead atoms. The van der Waals surface area contributed by atoms with Crippen molar-refractivity contribution in [3.63, 3.8) is 0 Å². The molecule has 0 saturated heterocycles. The summed E-state index contributed by atoms with van der Waals surface area (Å²) in [6.45, 7) is 3.60. The van der Waals surface area contributed by atoms with E-state index in [1.165, 1.54) is 12.5 Å². The lowest BCUT2D eigenvalue weighted by Gasteiger charge is -2.33. The van der Waals surface area contributed by atoms with E-state index in [1.54, 1.807) is 24.8 Å². The zero-order valence-corrected chi connectivity index (χ0v) is 11.9. The maximum absolute atomic E-state index is 13.1. The van der Waals surface area contributed by atoms with Gasteiger partial charge >= 0.3 is 0 Å². The monoisotopic (exact) mass is 287 g/mol. The van der Waals surface area contributed by atoms with Crippen molar-refractivity contribution >= 4 is 11.8 Å². The average molecular weight is 287 g/mol. The van der Waals surface area contributed by atoms with E-state index in [4.69, 9.17) is 0 Å². The topological polar surface area (TPSA) is 32.3 Å². The number of thioether (sulfide) groups is 1. The van der Waals surface area contributed by atoms with Crippen molar-refractivity contribution < 1.29 is 13.9 Å². The largest absolute Gasteiger partial charge is 0.384 e. The third-order valence-electron chi connectivity index (χ3n) is 3.56. The van der Waals surface area contributed by atoms with Gasteiger partial charge in [-0.05, 0) is 37.1 Å². The zero-order chi connectivity index (χ0) is 14.0. The molecule has 0 spiro atoms. The third kappa shape index (κ3) is 2.93. The van der Waals surface area contributed by atoms with E-state index in [2.05, 4.69) is 5.32 Å². The first kappa shape index (κ1) is 14.8. The van der Waals surface area contributed by atoms with Crippen LogP contribution in [0.3, 0.4) is 0 Å². The van der Waals surface area contributed by atoms with Crippen molar-refractivity contribution in [1.29, 1.82) is 0 Å². The molecule has 2 rings (SSSR count). The molecule has 19 heavy (non-hydrogen) atoms. The van der Waals surface area contributed by atoms with E-state index in [0.717, 1.165) is 17.1 Å². The van der Waals surface area contributed by atoms with Crippen LogP contribution in [0.5, 0.6) is 0 Å². The van der Waals surface area contributed by atoms with Crippen LogP contribution in [-0.2, 0) is 12.0 Å². The first-order valence-electron chi connectivity index (χ1n) is 6.47. The molecule has 0 aliphatic carbocycles. The number of hydrogen-bond donors (Lipinski definition) is 2. The Hall–Kier alpha value is -0.650. The molecule has 1 heterocycles. The minimum absolute atomic E-state index is 0.394. The smallest absolute Gasteiger partial charge is 0.256 e. The van der Waals surface area contributed by atoms with Crippen molar-refractivity contribution in [2.75, 3.05) is 12.3 Å². The number of hydrogen-bond acceptors (Lipinski definition) is 3. The normalized spacial score (nSPS) is 19.3. The number of aliphatic hydroxyl groups is 1. The molecule has 2 unspecified atom stereocenters. The highest BCUT2D eigenvalue weighted by molar-refractivity contribution is 7.99. The Morgan fingerprint density at radius 3 is 2.84 bits per heavy atom. The average Bonchev–Trinajstić information content (AvgIpc) is 2.82. The summed E-state index contributed by atoms with van der Waals surface area (Å²) in [5.41, 5.74) is 0.205. The predicted molar refractivity (Wildman–Crippen MR) is 73.9 cm³/mol. The van der Waals surface area contributed by atoms with Crippen molar-refractivity contribution in [3.05, 3.63) is 29.3 Å². The molecule has 0 fully saturated rings. The maximum Gasteiger partial charge on any atom is 0.256 e. The first-order chi connectivity index (χ1) is 8.96. The van der Waals surface area contributed by atoms with Crippen LogP contribution >= 0.6 is 11.8 Å². The molecule has 106 valence electrons. The molecule has 2 nitrogen and oxygen atoms in total. The van der Waals surface area contributed by atoms with Crippen LogP contribution in [0.1, 0.15) is 25.0 Å². The molecular weight excluding hydrogens is 268 g/mol. The highest BCUT2D eigenvalue weighted by Gasteiger charge is 2.39. The second-order valence-corrected chi connectivity index (χ2v) is 6.08. The van der Waals surface area contributed by atoms with E-state index in [-0.39, 0.29) is 0 Å². The summed E-state index contributed by atoms with van der Waals surface area (Å²) in [6.07, 6.45) is -1.61. The standard InChI is InChI=1S/C14H19F2NOS/c1-3-17-12(13(15)16)14(2,18)10-5-4-9-6-7-19-11(9)8-10/h4-5,8,12-13,17-18H,3,6-7H2,1-2H3. The van der Waals surface area contributed by atoms with Crippen LogP contribution in [0, 0.1) is 0 Å². The van der Waals surface area contributed by atoms with Crippen molar-refractivity contribution in [2.45, 2.75) is 43.2 Å². The van der Waals surface area contributed by atoms with Crippen molar-refractivity contribution in [1.82, 2.24) is 5.32 Å². The Morgan fingerprint density at radius 2 is 2.21 bits per heavy atom. The zero-order valence-electron chi connectivity index (χ0n) is 11.1. The van der Waals surface area contributed by atoms with Crippen molar-refractivity contribution in [2.24, 2.45) is 0 Å². The lowest BCUT2D eigenvalue weighted by molar-refractivity contribution is -0.0508. The van der Waals surface area contributed by atoms with Gasteiger partial charge in [-0.25, -0.2) is 8.78 Å². The fourth-order valence-electron chi connectivity index (χ4n) is 2.41. The van der Waals surface area contributed by atoms with Gasteiger partial charge in [-0.2, -0.15) is 0 Å². The molecule has 0 radical (unpaired) electrons. The van der Waals surface area contributed by atoms with Crippen molar-refractivity contribution in [3.8, 4) is 0 Å². The lowest BCUT2D eigenvalue weighted by atomic mass is 9.87. The van der Waals surface area contributed by atoms with Gasteiger partial charge in [0.1, 0.15) is 11.6 Å². The lowest BCUT2D eigenvalue weighted by Crippen LogP contribution is -2.51. The van der Waals surface area contributed by atoms with Crippen LogP contribution in [-0.4, -0.2) is 29.9 Å². The van der Waals surface area contributed by atoms with Gasteiger partial charge in [-0.3, -0.25) is 0 Å². The van der Waals surface area contributed by atoms with E-state index in [0.29, 0.717) is 12.1 Å². The van der Waals surface area contributed by atoms with E-state index in [9.17, 15) is 13.9 Å². The van der Waals surface area contributed by atoms with E-state index < -0.39 is 18.1 Å². The minimum Gasteiger partial charge on any atom is -0.384 e. The van der Waals surface area contributed by atoms with Crippen LogP contribution in [0.15, 0.2) is 23.1 Å². The first-order valence-corrected chi connectivity index (χ1v) is 7.45. The van der Waals surface area contributed by atoms with E-state index >= 15 is 0 Å². The molecule has 1 aromatic rings. The molecule has 0 aromatic heterocycles. The number of likely N-dealkylation sites (N-methyl/N-ethyl adjacent to an activating group) is 1. The number of alkyl halides is 2. The van der Waals surface area contributed by atoms with E-state index in [1.807, 2.05) is 12.1 Å².